The first-order valence-electron chi connectivity index (χ1n) is 5.63. The molecule has 0 aliphatic heterocycles. The van der Waals surface area contributed by atoms with Crippen LogP contribution in [0.2, 0.25) is 0 Å². The average Bonchev–Trinajstić information content (AvgIpc) is 2.03. The molecule has 1 fully saturated rings. The van der Waals surface area contributed by atoms with E-state index in [4.69, 9.17) is 0 Å². The molecular formula is C12H24S. The molecule has 0 heterocycles. The normalized spacial score (nSPS) is 30.9. The fraction of sp³-hybridized carbons (Fsp3) is 1.00. The molecule has 1 aliphatic carbocycles. The van der Waals surface area contributed by atoms with Crippen molar-refractivity contribution in [2.24, 2.45) is 17.8 Å². The summed E-state index contributed by atoms with van der Waals surface area (Å²) in [5.41, 5.74) is 0. The second-order valence-electron chi connectivity index (χ2n) is 5.51. The van der Waals surface area contributed by atoms with Crippen LogP contribution in [-0.2, 0) is 0 Å². The van der Waals surface area contributed by atoms with Gasteiger partial charge < -0.3 is 0 Å². The van der Waals surface area contributed by atoms with Gasteiger partial charge in [-0.25, -0.2) is 0 Å². The summed E-state index contributed by atoms with van der Waals surface area (Å²) in [5.74, 6) is 2.70. The van der Waals surface area contributed by atoms with Crippen molar-refractivity contribution in [1.82, 2.24) is 0 Å². The van der Waals surface area contributed by atoms with E-state index in [0.717, 1.165) is 17.8 Å². The Morgan fingerprint density at radius 3 is 1.85 bits per heavy atom. The van der Waals surface area contributed by atoms with Crippen molar-refractivity contribution in [3.05, 3.63) is 0 Å². The highest BCUT2D eigenvalue weighted by Crippen LogP contribution is 2.40. The molecule has 0 atom stereocenters. The quantitative estimate of drug-likeness (QED) is 0.636. The zero-order chi connectivity index (χ0) is 10.1. The molecule has 0 saturated heterocycles. The number of thiol groups is 1. The van der Waals surface area contributed by atoms with Crippen molar-refractivity contribution < 1.29 is 0 Å². The van der Waals surface area contributed by atoms with Gasteiger partial charge in [0.05, 0.1) is 0 Å². The molecule has 0 aromatic heterocycles. The molecule has 0 N–H and O–H groups in total. The van der Waals surface area contributed by atoms with Gasteiger partial charge in [-0.2, -0.15) is 12.6 Å². The van der Waals surface area contributed by atoms with E-state index in [1.807, 2.05) is 0 Å². The smallest absolute Gasteiger partial charge is 0.0101 e. The van der Waals surface area contributed by atoms with Gasteiger partial charge >= 0.3 is 0 Å². The number of hydrogen-bond donors (Lipinski definition) is 1. The lowest BCUT2D eigenvalue weighted by atomic mass is 9.73. The average molecular weight is 200 g/mol. The van der Waals surface area contributed by atoms with Crippen LogP contribution < -0.4 is 0 Å². The third-order valence-corrected chi connectivity index (χ3v) is 4.08. The Morgan fingerprint density at radius 1 is 1.08 bits per heavy atom. The summed E-state index contributed by atoms with van der Waals surface area (Å²) in [5, 5.41) is 0. The van der Waals surface area contributed by atoms with E-state index in [1.54, 1.807) is 0 Å². The Hall–Kier alpha value is 0.350. The zero-order valence-corrected chi connectivity index (χ0v) is 10.4. The Balaban J connectivity index is 2.39. The third kappa shape index (κ3) is 3.19. The molecule has 1 rings (SSSR count). The van der Waals surface area contributed by atoms with Crippen LogP contribution in [0.3, 0.4) is 0 Å². The first-order valence-corrected chi connectivity index (χ1v) is 6.08. The molecule has 0 spiro atoms. The monoisotopic (exact) mass is 200 g/mol. The summed E-state index contributed by atoms with van der Waals surface area (Å²) >= 11 is 4.68. The summed E-state index contributed by atoms with van der Waals surface area (Å²) in [7, 11) is 0. The van der Waals surface area contributed by atoms with Crippen molar-refractivity contribution >= 4 is 12.6 Å². The van der Waals surface area contributed by atoms with Crippen LogP contribution in [-0.4, -0.2) is 4.75 Å². The zero-order valence-electron chi connectivity index (χ0n) is 9.51. The van der Waals surface area contributed by atoms with Gasteiger partial charge in [0.2, 0.25) is 0 Å². The summed E-state index contributed by atoms with van der Waals surface area (Å²) in [6.07, 6.45) is 5.62. The van der Waals surface area contributed by atoms with E-state index in [1.165, 1.54) is 25.7 Å². The standard InChI is InChI=1S/C12H24S/c1-9(2)10-5-7-11(8-6-10)12(3,4)13/h9-11,13H,5-8H2,1-4H3. The summed E-state index contributed by atoms with van der Waals surface area (Å²) in [6, 6.07) is 0. The van der Waals surface area contributed by atoms with Gasteiger partial charge in [0.15, 0.2) is 0 Å². The van der Waals surface area contributed by atoms with Crippen LogP contribution in [0.15, 0.2) is 0 Å². The minimum Gasteiger partial charge on any atom is -0.173 e. The van der Waals surface area contributed by atoms with Gasteiger partial charge in [-0.15, -0.1) is 0 Å². The third-order valence-electron chi connectivity index (χ3n) is 3.71. The van der Waals surface area contributed by atoms with Crippen molar-refractivity contribution in [2.45, 2.75) is 58.1 Å². The van der Waals surface area contributed by atoms with Gasteiger partial charge in [-0.3, -0.25) is 0 Å². The Kier molecular flexibility index (Phi) is 3.73. The van der Waals surface area contributed by atoms with Crippen LogP contribution in [0.1, 0.15) is 53.4 Å². The van der Waals surface area contributed by atoms with Gasteiger partial charge in [-0.05, 0) is 43.4 Å². The molecule has 0 bridgehead atoms. The Bertz CT molecular complexity index is 147. The van der Waals surface area contributed by atoms with Crippen LogP contribution >= 0.6 is 12.6 Å². The predicted octanol–water partition coefficient (Wildman–Crippen LogP) is 4.16. The molecule has 0 aromatic rings. The number of rotatable bonds is 2. The fourth-order valence-corrected chi connectivity index (χ4v) is 2.75. The Labute approximate surface area is 88.9 Å². The molecule has 78 valence electrons. The highest BCUT2D eigenvalue weighted by atomic mass is 32.1. The van der Waals surface area contributed by atoms with Gasteiger partial charge in [0.1, 0.15) is 0 Å². The van der Waals surface area contributed by atoms with Crippen LogP contribution in [0, 0.1) is 17.8 Å². The fourth-order valence-electron chi connectivity index (χ4n) is 2.49. The molecule has 13 heavy (non-hydrogen) atoms. The number of hydrogen-bond acceptors (Lipinski definition) is 1. The molecule has 1 aliphatic rings. The maximum Gasteiger partial charge on any atom is 0.0101 e. The van der Waals surface area contributed by atoms with E-state index in [-0.39, 0.29) is 4.75 Å². The maximum absolute atomic E-state index is 4.68. The van der Waals surface area contributed by atoms with E-state index >= 15 is 0 Å². The molecule has 1 saturated carbocycles. The molecule has 0 unspecified atom stereocenters. The van der Waals surface area contributed by atoms with E-state index in [0.29, 0.717) is 0 Å². The summed E-state index contributed by atoms with van der Waals surface area (Å²) in [6.45, 7) is 9.24. The SMILES string of the molecule is CC(C)C1CCC(C(C)(C)S)CC1. The highest BCUT2D eigenvalue weighted by Gasteiger charge is 2.31. The second-order valence-corrected chi connectivity index (χ2v) is 6.66. The maximum atomic E-state index is 4.68. The minimum absolute atomic E-state index is 0.238. The molecule has 0 amide bonds. The van der Waals surface area contributed by atoms with Gasteiger partial charge in [0, 0.05) is 4.75 Å². The van der Waals surface area contributed by atoms with E-state index < -0.39 is 0 Å². The van der Waals surface area contributed by atoms with Gasteiger partial charge in [-0.1, -0.05) is 27.7 Å². The van der Waals surface area contributed by atoms with Gasteiger partial charge in [0.25, 0.3) is 0 Å². The lowest BCUT2D eigenvalue weighted by molar-refractivity contribution is 0.202. The van der Waals surface area contributed by atoms with Crippen molar-refractivity contribution in [2.75, 3.05) is 0 Å². The molecular weight excluding hydrogens is 176 g/mol. The first-order chi connectivity index (χ1) is 5.91. The minimum atomic E-state index is 0.238. The van der Waals surface area contributed by atoms with Crippen LogP contribution in [0.4, 0.5) is 0 Å². The lowest BCUT2D eigenvalue weighted by Crippen LogP contribution is -2.30. The molecule has 0 radical (unpaired) electrons. The highest BCUT2D eigenvalue weighted by molar-refractivity contribution is 7.81. The largest absolute Gasteiger partial charge is 0.173 e. The molecule has 0 aromatic carbocycles. The first kappa shape index (κ1) is 11.4. The van der Waals surface area contributed by atoms with Crippen molar-refractivity contribution in [3.63, 3.8) is 0 Å². The summed E-state index contributed by atoms with van der Waals surface area (Å²) in [4.78, 5) is 0. The molecule has 1 heteroatoms. The van der Waals surface area contributed by atoms with Crippen molar-refractivity contribution in [1.29, 1.82) is 0 Å². The Morgan fingerprint density at radius 2 is 1.54 bits per heavy atom. The van der Waals surface area contributed by atoms with Crippen LogP contribution in [0.5, 0.6) is 0 Å². The topological polar surface area (TPSA) is 0 Å². The van der Waals surface area contributed by atoms with E-state index in [2.05, 4.69) is 40.3 Å². The lowest BCUT2D eigenvalue weighted by Gasteiger charge is -2.37. The summed E-state index contributed by atoms with van der Waals surface area (Å²) < 4.78 is 0.238. The van der Waals surface area contributed by atoms with E-state index in [9.17, 15) is 0 Å². The predicted molar refractivity (Wildman–Crippen MR) is 63.4 cm³/mol. The van der Waals surface area contributed by atoms with Crippen molar-refractivity contribution in [3.8, 4) is 0 Å². The van der Waals surface area contributed by atoms with Crippen LogP contribution in [0.25, 0.3) is 0 Å². The molecule has 0 nitrogen and oxygen atoms in total. The second kappa shape index (κ2) is 4.25.